The number of halogens is 4. The third-order valence-corrected chi connectivity index (χ3v) is 2.73. The highest BCUT2D eigenvalue weighted by atomic mass is 19.4. The Morgan fingerprint density at radius 3 is 2.41 bits per heavy atom. The molecule has 0 aromatic heterocycles. The van der Waals surface area contributed by atoms with Crippen LogP contribution in [-0.2, 0) is 9.59 Å². The Hall–Kier alpha value is -1.34. The number of alkyl halides is 4. The summed E-state index contributed by atoms with van der Waals surface area (Å²) in [6.07, 6.45) is -5.53. The van der Waals surface area contributed by atoms with Crippen LogP contribution in [0.15, 0.2) is 0 Å². The molecule has 1 aliphatic carbocycles. The van der Waals surface area contributed by atoms with E-state index >= 15 is 0 Å². The summed E-state index contributed by atoms with van der Waals surface area (Å²) in [6.45, 7) is -0.810. The molecule has 4 nitrogen and oxygen atoms in total. The van der Waals surface area contributed by atoms with Gasteiger partial charge in [-0.15, -0.1) is 0 Å². The number of hydrogen-bond acceptors (Lipinski definition) is 2. The van der Waals surface area contributed by atoms with E-state index in [0.29, 0.717) is 0 Å². The highest BCUT2D eigenvalue weighted by Crippen LogP contribution is 2.37. The lowest BCUT2D eigenvalue weighted by atomic mass is 10.0. The first kappa shape index (κ1) is 13.7. The first-order valence-corrected chi connectivity index (χ1v) is 4.91. The van der Waals surface area contributed by atoms with Gasteiger partial charge in [-0.2, -0.15) is 13.2 Å². The monoisotopic (exact) mass is 257 g/mol. The third-order valence-electron chi connectivity index (χ3n) is 2.73. The normalized spacial score (nSPS) is 29.1. The molecule has 0 aromatic carbocycles. The second kappa shape index (κ2) is 4.50. The summed E-state index contributed by atoms with van der Waals surface area (Å²) in [5.41, 5.74) is -2.07. The number of aliphatic carboxylic acids is 1. The quantitative estimate of drug-likeness (QED) is 0.748. The molecule has 1 fully saturated rings. The molecule has 2 N–H and O–H groups in total. The van der Waals surface area contributed by atoms with Gasteiger partial charge in [-0.25, -0.2) is 4.39 Å². The third kappa shape index (κ3) is 3.57. The molecule has 0 spiro atoms. The molecule has 1 saturated carbocycles. The lowest BCUT2D eigenvalue weighted by Crippen LogP contribution is -2.44. The summed E-state index contributed by atoms with van der Waals surface area (Å²) in [6, 6.07) is 0. The van der Waals surface area contributed by atoms with Crippen molar-refractivity contribution in [2.45, 2.75) is 31.1 Å². The van der Waals surface area contributed by atoms with Crippen molar-refractivity contribution in [3.63, 3.8) is 0 Å². The zero-order valence-electron chi connectivity index (χ0n) is 8.68. The van der Waals surface area contributed by atoms with Gasteiger partial charge in [0.1, 0.15) is 5.67 Å². The van der Waals surface area contributed by atoms with E-state index in [4.69, 9.17) is 5.11 Å². The zero-order chi connectivity index (χ0) is 13.3. The van der Waals surface area contributed by atoms with Gasteiger partial charge in [0.05, 0.1) is 12.5 Å². The molecule has 0 heterocycles. The fourth-order valence-electron chi connectivity index (χ4n) is 1.79. The van der Waals surface area contributed by atoms with Gasteiger partial charge in [0.2, 0.25) is 0 Å². The van der Waals surface area contributed by atoms with Gasteiger partial charge < -0.3 is 10.4 Å². The fourth-order valence-corrected chi connectivity index (χ4v) is 1.79. The van der Waals surface area contributed by atoms with E-state index in [-0.39, 0.29) is 19.3 Å². The second-order valence-corrected chi connectivity index (χ2v) is 4.11. The van der Waals surface area contributed by atoms with Crippen LogP contribution in [0.4, 0.5) is 17.6 Å². The van der Waals surface area contributed by atoms with Crippen LogP contribution in [0.25, 0.3) is 0 Å². The molecule has 0 aromatic rings. The van der Waals surface area contributed by atoms with Crippen molar-refractivity contribution in [1.82, 2.24) is 5.32 Å². The fraction of sp³-hybridized carbons (Fsp3) is 0.778. The Bertz CT molecular complexity index is 331. The van der Waals surface area contributed by atoms with Crippen molar-refractivity contribution in [2.24, 2.45) is 5.92 Å². The van der Waals surface area contributed by atoms with Gasteiger partial charge in [-0.1, -0.05) is 0 Å². The molecule has 0 aliphatic heterocycles. The molecule has 0 unspecified atom stereocenters. The standard InChI is InChI=1S/C9H11F4NO3/c10-8(2-1-5(3-8)6(15)16)4-14-7(17)9(11,12)13/h5H,1-4H2,(H,14,17)(H,15,16)/t5-,8+/m1/s1. The number of rotatable bonds is 3. The summed E-state index contributed by atoms with van der Waals surface area (Å²) >= 11 is 0. The van der Waals surface area contributed by atoms with Crippen molar-refractivity contribution < 1.29 is 32.3 Å². The van der Waals surface area contributed by atoms with Crippen LogP contribution >= 0.6 is 0 Å². The van der Waals surface area contributed by atoms with Gasteiger partial charge in [0.25, 0.3) is 0 Å². The van der Waals surface area contributed by atoms with Gasteiger partial charge in [0.15, 0.2) is 0 Å². The van der Waals surface area contributed by atoms with Crippen molar-refractivity contribution in [1.29, 1.82) is 0 Å². The predicted octanol–water partition coefficient (Wildman–Crippen LogP) is 1.26. The molecular formula is C9H11F4NO3. The molecule has 98 valence electrons. The topological polar surface area (TPSA) is 66.4 Å². The average molecular weight is 257 g/mol. The molecule has 1 rings (SSSR count). The molecule has 1 amide bonds. The van der Waals surface area contributed by atoms with Gasteiger partial charge in [-0.05, 0) is 19.3 Å². The average Bonchev–Trinajstić information content (AvgIpc) is 2.57. The van der Waals surface area contributed by atoms with Crippen molar-refractivity contribution >= 4 is 11.9 Å². The van der Waals surface area contributed by atoms with E-state index in [2.05, 4.69) is 0 Å². The number of carbonyl (C=O) groups excluding carboxylic acids is 1. The Labute approximate surface area is 94.0 Å². The number of carbonyl (C=O) groups is 2. The lowest BCUT2D eigenvalue weighted by Gasteiger charge is -2.20. The lowest BCUT2D eigenvalue weighted by molar-refractivity contribution is -0.174. The SMILES string of the molecule is O=C(O)[C@@H]1CC[C@@](F)(CNC(=O)C(F)(F)F)C1. The Kier molecular flexibility index (Phi) is 3.63. The van der Waals surface area contributed by atoms with E-state index in [1.807, 2.05) is 0 Å². The van der Waals surface area contributed by atoms with E-state index < -0.39 is 36.2 Å². The minimum Gasteiger partial charge on any atom is -0.481 e. The van der Waals surface area contributed by atoms with Crippen molar-refractivity contribution in [2.75, 3.05) is 6.54 Å². The molecular weight excluding hydrogens is 246 g/mol. The zero-order valence-corrected chi connectivity index (χ0v) is 8.68. The Morgan fingerprint density at radius 2 is 2.00 bits per heavy atom. The number of amides is 1. The molecule has 0 bridgehead atoms. The number of carboxylic acid groups (broad SMARTS) is 1. The van der Waals surface area contributed by atoms with Crippen molar-refractivity contribution in [3.8, 4) is 0 Å². The first-order chi connectivity index (χ1) is 7.64. The number of hydrogen-bond donors (Lipinski definition) is 2. The maximum Gasteiger partial charge on any atom is 0.471 e. The van der Waals surface area contributed by atoms with Gasteiger partial charge in [-0.3, -0.25) is 9.59 Å². The molecule has 8 heteroatoms. The number of carboxylic acids is 1. The van der Waals surface area contributed by atoms with E-state index in [0.717, 1.165) is 0 Å². The predicted molar refractivity (Wildman–Crippen MR) is 47.9 cm³/mol. The van der Waals surface area contributed by atoms with Crippen LogP contribution in [0, 0.1) is 5.92 Å². The largest absolute Gasteiger partial charge is 0.481 e. The molecule has 2 atom stereocenters. The first-order valence-electron chi connectivity index (χ1n) is 4.91. The van der Waals surface area contributed by atoms with Crippen LogP contribution in [0.1, 0.15) is 19.3 Å². The molecule has 0 saturated heterocycles. The summed E-state index contributed by atoms with van der Waals surface area (Å²) in [7, 11) is 0. The second-order valence-electron chi connectivity index (χ2n) is 4.11. The van der Waals surface area contributed by atoms with E-state index in [1.54, 1.807) is 0 Å². The molecule has 17 heavy (non-hydrogen) atoms. The minimum absolute atomic E-state index is 0.0632. The maximum atomic E-state index is 13.8. The van der Waals surface area contributed by atoms with Crippen LogP contribution in [0.3, 0.4) is 0 Å². The highest BCUT2D eigenvalue weighted by Gasteiger charge is 2.45. The summed E-state index contributed by atoms with van der Waals surface area (Å²) < 4.78 is 49.3. The van der Waals surface area contributed by atoms with Gasteiger partial charge >= 0.3 is 18.1 Å². The van der Waals surface area contributed by atoms with E-state index in [9.17, 15) is 27.2 Å². The molecule has 0 radical (unpaired) electrons. The Morgan fingerprint density at radius 1 is 1.41 bits per heavy atom. The molecule has 1 aliphatic rings. The van der Waals surface area contributed by atoms with Crippen LogP contribution in [0.2, 0.25) is 0 Å². The summed E-state index contributed by atoms with van der Waals surface area (Å²) in [4.78, 5) is 21.0. The van der Waals surface area contributed by atoms with Crippen LogP contribution in [0.5, 0.6) is 0 Å². The Balaban J connectivity index is 2.48. The van der Waals surface area contributed by atoms with Crippen LogP contribution < -0.4 is 5.32 Å². The maximum absolute atomic E-state index is 13.8. The smallest absolute Gasteiger partial charge is 0.471 e. The minimum atomic E-state index is -5.05. The number of nitrogens with one attached hydrogen (secondary N) is 1. The van der Waals surface area contributed by atoms with E-state index in [1.165, 1.54) is 5.32 Å². The van der Waals surface area contributed by atoms with Gasteiger partial charge in [0, 0.05) is 0 Å². The summed E-state index contributed by atoms with van der Waals surface area (Å²) in [5, 5.41) is 10.1. The summed E-state index contributed by atoms with van der Waals surface area (Å²) in [5.74, 6) is -4.29. The van der Waals surface area contributed by atoms with Crippen molar-refractivity contribution in [3.05, 3.63) is 0 Å². The van der Waals surface area contributed by atoms with Crippen LogP contribution in [-0.4, -0.2) is 35.4 Å². The highest BCUT2D eigenvalue weighted by molar-refractivity contribution is 5.81.